The first-order chi connectivity index (χ1) is 13.7. The summed E-state index contributed by atoms with van der Waals surface area (Å²) in [7, 11) is 1.69. The molecule has 1 aliphatic rings. The smallest absolute Gasteiger partial charge is 0.258 e. The Labute approximate surface area is 165 Å². The summed E-state index contributed by atoms with van der Waals surface area (Å²) in [6.07, 6.45) is 4.74. The van der Waals surface area contributed by atoms with Gasteiger partial charge in [0.25, 0.3) is 5.56 Å². The number of benzene rings is 2. The standard InChI is InChI=1S/C23H27N3O2/c1-16-7-6-8-19-22(16)24-21(25-23(19)27)15-26-14-5-3-4-9-20(26)17-10-12-18(28-2)13-11-17/h6-8,10-13,20H,3-5,9,14-15H2,1-2H3,(H,24,25,27). The number of nitrogens with one attached hydrogen (secondary N) is 1. The molecule has 1 aliphatic heterocycles. The minimum absolute atomic E-state index is 0.0560. The molecule has 0 bridgehead atoms. The van der Waals surface area contributed by atoms with E-state index in [1.54, 1.807) is 7.11 Å². The van der Waals surface area contributed by atoms with Gasteiger partial charge in [-0.2, -0.15) is 0 Å². The molecule has 0 saturated carbocycles. The number of rotatable bonds is 4. The first-order valence-corrected chi connectivity index (χ1v) is 10.0. The molecule has 1 saturated heterocycles. The van der Waals surface area contributed by atoms with E-state index in [2.05, 4.69) is 22.0 Å². The van der Waals surface area contributed by atoms with E-state index in [9.17, 15) is 4.79 Å². The third-order valence-electron chi connectivity index (χ3n) is 5.70. The first-order valence-electron chi connectivity index (χ1n) is 10.0. The fraction of sp³-hybridized carbons (Fsp3) is 0.391. The Balaban J connectivity index is 1.66. The van der Waals surface area contributed by atoms with Crippen LogP contribution in [0.4, 0.5) is 0 Å². The van der Waals surface area contributed by atoms with Crippen LogP contribution in [0, 0.1) is 6.92 Å². The van der Waals surface area contributed by atoms with Gasteiger partial charge in [-0.15, -0.1) is 0 Å². The molecule has 0 amide bonds. The molecule has 146 valence electrons. The molecule has 1 fully saturated rings. The second-order valence-corrected chi connectivity index (χ2v) is 7.59. The van der Waals surface area contributed by atoms with Gasteiger partial charge in [0.1, 0.15) is 11.6 Å². The Morgan fingerprint density at radius 3 is 2.75 bits per heavy atom. The van der Waals surface area contributed by atoms with Crippen LogP contribution in [0.5, 0.6) is 5.75 Å². The molecule has 5 nitrogen and oxygen atoms in total. The molecule has 2 heterocycles. The number of ether oxygens (including phenoxy) is 1. The van der Waals surface area contributed by atoms with E-state index in [0.717, 1.165) is 35.6 Å². The predicted molar refractivity (Wildman–Crippen MR) is 112 cm³/mol. The van der Waals surface area contributed by atoms with Crippen molar-refractivity contribution in [2.45, 2.75) is 45.2 Å². The van der Waals surface area contributed by atoms with Gasteiger partial charge in [-0.1, -0.05) is 37.1 Å². The second kappa shape index (κ2) is 8.15. The number of para-hydroxylation sites is 1. The zero-order valence-electron chi connectivity index (χ0n) is 16.6. The minimum Gasteiger partial charge on any atom is -0.497 e. The molecule has 5 heteroatoms. The van der Waals surface area contributed by atoms with Gasteiger partial charge in [-0.3, -0.25) is 9.69 Å². The number of aromatic nitrogens is 2. The normalized spacial score (nSPS) is 18.1. The number of hydrogen-bond acceptors (Lipinski definition) is 4. The Bertz CT molecular complexity index is 1010. The fourth-order valence-electron chi connectivity index (χ4n) is 4.18. The van der Waals surface area contributed by atoms with E-state index in [1.165, 1.54) is 24.8 Å². The van der Waals surface area contributed by atoms with Gasteiger partial charge >= 0.3 is 0 Å². The maximum Gasteiger partial charge on any atom is 0.258 e. The molecule has 2 aromatic carbocycles. The average molecular weight is 377 g/mol. The third-order valence-corrected chi connectivity index (χ3v) is 5.70. The van der Waals surface area contributed by atoms with Crippen LogP contribution in [0.25, 0.3) is 10.9 Å². The van der Waals surface area contributed by atoms with Gasteiger partial charge in [0.2, 0.25) is 0 Å². The molecular weight excluding hydrogens is 350 g/mol. The maximum atomic E-state index is 12.6. The van der Waals surface area contributed by atoms with E-state index in [4.69, 9.17) is 9.72 Å². The van der Waals surface area contributed by atoms with Crippen LogP contribution >= 0.6 is 0 Å². The molecule has 1 atom stereocenters. The molecule has 1 aromatic heterocycles. The molecular formula is C23H27N3O2. The quantitative estimate of drug-likeness (QED) is 0.734. The van der Waals surface area contributed by atoms with Crippen molar-refractivity contribution in [3.8, 4) is 5.75 Å². The van der Waals surface area contributed by atoms with E-state index in [0.29, 0.717) is 18.0 Å². The molecule has 1 unspecified atom stereocenters. The predicted octanol–water partition coefficient (Wildman–Crippen LogP) is 4.36. The molecule has 28 heavy (non-hydrogen) atoms. The Kier molecular flexibility index (Phi) is 5.44. The van der Waals surface area contributed by atoms with Crippen molar-refractivity contribution in [2.75, 3.05) is 13.7 Å². The van der Waals surface area contributed by atoms with Crippen molar-refractivity contribution in [1.29, 1.82) is 0 Å². The maximum absolute atomic E-state index is 12.6. The monoisotopic (exact) mass is 377 g/mol. The largest absolute Gasteiger partial charge is 0.497 e. The van der Waals surface area contributed by atoms with Crippen LogP contribution in [-0.4, -0.2) is 28.5 Å². The summed E-state index contributed by atoms with van der Waals surface area (Å²) in [6, 6.07) is 14.4. The van der Waals surface area contributed by atoms with Crippen LogP contribution in [0.1, 0.15) is 48.7 Å². The topological polar surface area (TPSA) is 58.2 Å². The lowest BCUT2D eigenvalue weighted by molar-refractivity contribution is 0.187. The molecule has 3 aromatic rings. The number of aromatic amines is 1. The van der Waals surface area contributed by atoms with Gasteiger partial charge < -0.3 is 9.72 Å². The first kappa shape index (κ1) is 18.7. The van der Waals surface area contributed by atoms with Crippen LogP contribution in [0.15, 0.2) is 47.3 Å². The summed E-state index contributed by atoms with van der Waals surface area (Å²) in [5.74, 6) is 1.62. The van der Waals surface area contributed by atoms with E-state index in [-0.39, 0.29) is 5.56 Å². The SMILES string of the molecule is COc1ccc(C2CCCCCN2Cc2nc3c(C)cccc3c(=O)[nH]2)cc1. The van der Waals surface area contributed by atoms with Gasteiger partial charge in [0.15, 0.2) is 0 Å². The van der Waals surface area contributed by atoms with Crippen molar-refractivity contribution in [2.24, 2.45) is 0 Å². The summed E-state index contributed by atoms with van der Waals surface area (Å²) in [5.41, 5.74) is 3.08. The molecule has 0 spiro atoms. The highest BCUT2D eigenvalue weighted by molar-refractivity contribution is 5.80. The molecule has 0 radical (unpaired) electrons. The zero-order valence-corrected chi connectivity index (χ0v) is 16.6. The third kappa shape index (κ3) is 3.80. The summed E-state index contributed by atoms with van der Waals surface area (Å²) in [5, 5.41) is 0.659. The van der Waals surface area contributed by atoms with Gasteiger partial charge in [0, 0.05) is 6.04 Å². The fourth-order valence-corrected chi connectivity index (χ4v) is 4.18. The lowest BCUT2D eigenvalue weighted by Gasteiger charge is -2.30. The van der Waals surface area contributed by atoms with Crippen molar-refractivity contribution >= 4 is 10.9 Å². The molecule has 0 aliphatic carbocycles. The molecule has 4 rings (SSSR count). The number of aryl methyl sites for hydroxylation is 1. The van der Waals surface area contributed by atoms with Crippen molar-refractivity contribution in [3.63, 3.8) is 0 Å². The highest BCUT2D eigenvalue weighted by Gasteiger charge is 2.23. The number of hydrogen-bond donors (Lipinski definition) is 1. The van der Waals surface area contributed by atoms with Gasteiger partial charge in [-0.25, -0.2) is 4.98 Å². The summed E-state index contributed by atoms with van der Waals surface area (Å²) in [6.45, 7) is 3.66. The second-order valence-electron chi connectivity index (χ2n) is 7.59. The van der Waals surface area contributed by atoms with Gasteiger partial charge in [-0.05, 0) is 55.6 Å². The number of fused-ring (bicyclic) bond motifs is 1. The van der Waals surface area contributed by atoms with Gasteiger partial charge in [0.05, 0.1) is 24.6 Å². The summed E-state index contributed by atoms with van der Waals surface area (Å²) in [4.78, 5) is 22.8. The number of H-pyrrole nitrogens is 1. The zero-order chi connectivity index (χ0) is 19.5. The highest BCUT2D eigenvalue weighted by Crippen LogP contribution is 2.32. The summed E-state index contributed by atoms with van der Waals surface area (Å²) < 4.78 is 5.31. The van der Waals surface area contributed by atoms with Crippen LogP contribution in [0.2, 0.25) is 0 Å². The summed E-state index contributed by atoms with van der Waals surface area (Å²) >= 11 is 0. The van der Waals surface area contributed by atoms with Crippen molar-refractivity contribution < 1.29 is 4.74 Å². The van der Waals surface area contributed by atoms with Crippen LogP contribution < -0.4 is 10.3 Å². The number of likely N-dealkylation sites (tertiary alicyclic amines) is 1. The lowest BCUT2D eigenvalue weighted by Crippen LogP contribution is -2.30. The lowest BCUT2D eigenvalue weighted by atomic mass is 10.0. The highest BCUT2D eigenvalue weighted by atomic mass is 16.5. The van der Waals surface area contributed by atoms with E-state index < -0.39 is 0 Å². The minimum atomic E-state index is -0.0560. The van der Waals surface area contributed by atoms with Crippen molar-refractivity contribution in [1.82, 2.24) is 14.9 Å². The van der Waals surface area contributed by atoms with E-state index >= 15 is 0 Å². The van der Waals surface area contributed by atoms with Crippen LogP contribution in [0.3, 0.4) is 0 Å². The number of nitrogens with zero attached hydrogens (tertiary/aromatic N) is 2. The molecule has 1 N–H and O–H groups in total. The Morgan fingerprint density at radius 1 is 1.14 bits per heavy atom. The Hall–Kier alpha value is -2.66. The number of methoxy groups -OCH3 is 1. The van der Waals surface area contributed by atoms with Crippen molar-refractivity contribution in [3.05, 3.63) is 69.8 Å². The van der Waals surface area contributed by atoms with Crippen LogP contribution in [-0.2, 0) is 6.54 Å². The van der Waals surface area contributed by atoms with E-state index in [1.807, 2.05) is 37.3 Å². The average Bonchev–Trinajstić information content (AvgIpc) is 2.94. The Morgan fingerprint density at radius 2 is 1.96 bits per heavy atom.